The van der Waals surface area contributed by atoms with Crippen molar-refractivity contribution in [1.29, 1.82) is 0 Å². The average molecular weight is 263 g/mol. The Labute approximate surface area is 115 Å². The molecule has 2 N–H and O–H groups in total. The SMILES string of the molecule is CN1C2CCC1CC(CN)(N(C)Cc1ccco1)C2. The van der Waals surface area contributed by atoms with Gasteiger partial charge in [-0.25, -0.2) is 0 Å². The fourth-order valence-electron chi connectivity index (χ4n) is 3.98. The summed E-state index contributed by atoms with van der Waals surface area (Å²) in [7, 11) is 4.47. The zero-order valence-corrected chi connectivity index (χ0v) is 12.0. The molecule has 0 aromatic carbocycles. The molecule has 0 aliphatic carbocycles. The van der Waals surface area contributed by atoms with Gasteiger partial charge in [-0.1, -0.05) is 0 Å². The van der Waals surface area contributed by atoms with Crippen molar-refractivity contribution < 1.29 is 4.42 Å². The number of hydrogen-bond donors (Lipinski definition) is 1. The molecule has 106 valence electrons. The van der Waals surface area contributed by atoms with Gasteiger partial charge in [-0.05, 0) is 51.9 Å². The van der Waals surface area contributed by atoms with Crippen LogP contribution < -0.4 is 5.73 Å². The highest BCUT2D eigenvalue weighted by atomic mass is 16.3. The van der Waals surface area contributed by atoms with Crippen molar-refractivity contribution in [1.82, 2.24) is 9.80 Å². The van der Waals surface area contributed by atoms with Crippen LogP contribution in [-0.4, -0.2) is 48.1 Å². The summed E-state index contributed by atoms with van der Waals surface area (Å²) >= 11 is 0. The normalized spacial score (nSPS) is 35.2. The molecule has 2 saturated heterocycles. The van der Waals surface area contributed by atoms with Crippen LogP contribution in [0.3, 0.4) is 0 Å². The molecule has 4 heteroatoms. The Bertz CT molecular complexity index is 403. The first-order chi connectivity index (χ1) is 9.14. The number of hydrogen-bond acceptors (Lipinski definition) is 4. The van der Waals surface area contributed by atoms with Crippen molar-refractivity contribution in [3.8, 4) is 0 Å². The van der Waals surface area contributed by atoms with Crippen molar-refractivity contribution in [2.24, 2.45) is 5.73 Å². The van der Waals surface area contributed by atoms with Crippen molar-refractivity contribution in [3.05, 3.63) is 24.2 Å². The lowest BCUT2D eigenvalue weighted by atomic mass is 9.81. The molecule has 2 fully saturated rings. The van der Waals surface area contributed by atoms with E-state index in [0.29, 0.717) is 12.1 Å². The van der Waals surface area contributed by atoms with E-state index in [1.807, 2.05) is 12.1 Å². The Morgan fingerprint density at radius 2 is 2.11 bits per heavy atom. The number of furan rings is 1. The summed E-state index contributed by atoms with van der Waals surface area (Å²) in [5.74, 6) is 1.03. The molecule has 2 atom stereocenters. The lowest BCUT2D eigenvalue weighted by Crippen LogP contribution is -2.60. The summed E-state index contributed by atoms with van der Waals surface area (Å²) in [5, 5.41) is 0. The number of nitrogens with two attached hydrogens (primary N) is 1. The largest absolute Gasteiger partial charge is 0.468 e. The van der Waals surface area contributed by atoms with Gasteiger partial charge in [-0.2, -0.15) is 0 Å². The highest BCUT2D eigenvalue weighted by molar-refractivity contribution is 5.07. The van der Waals surface area contributed by atoms with Crippen molar-refractivity contribution in [3.63, 3.8) is 0 Å². The van der Waals surface area contributed by atoms with E-state index in [1.165, 1.54) is 25.7 Å². The fourth-order valence-corrected chi connectivity index (χ4v) is 3.98. The van der Waals surface area contributed by atoms with E-state index in [-0.39, 0.29) is 5.54 Å². The van der Waals surface area contributed by atoms with E-state index in [0.717, 1.165) is 18.8 Å². The number of piperidine rings is 1. The van der Waals surface area contributed by atoms with Gasteiger partial charge in [0.2, 0.25) is 0 Å². The molecule has 4 nitrogen and oxygen atoms in total. The van der Waals surface area contributed by atoms with Gasteiger partial charge >= 0.3 is 0 Å². The predicted octanol–water partition coefficient (Wildman–Crippen LogP) is 1.67. The van der Waals surface area contributed by atoms with Crippen LogP contribution in [0.5, 0.6) is 0 Å². The fraction of sp³-hybridized carbons (Fsp3) is 0.733. The van der Waals surface area contributed by atoms with Gasteiger partial charge < -0.3 is 15.1 Å². The Morgan fingerprint density at radius 1 is 1.42 bits per heavy atom. The highest BCUT2D eigenvalue weighted by Crippen LogP contribution is 2.42. The molecule has 0 spiro atoms. The molecule has 2 bridgehead atoms. The summed E-state index contributed by atoms with van der Waals surface area (Å²) in [5.41, 5.74) is 6.32. The molecule has 1 aromatic heterocycles. The zero-order chi connectivity index (χ0) is 13.5. The summed E-state index contributed by atoms with van der Waals surface area (Å²) < 4.78 is 5.48. The Morgan fingerprint density at radius 3 is 2.63 bits per heavy atom. The molecule has 19 heavy (non-hydrogen) atoms. The van der Waals surface area contributed by atoms with E-state index in [1.54, 1.807) is 6.26 Å². The number of likely N-dealkylation sites (N-methyl/N-ethyl adjacent to an activating group) is 1. The van der Waals surface area contributed by atoms with E-state index in [4.69, 9.17) is 10.2 Å². The summed E-state index contributed by atoms with van der Waals surface area (Å²) in [4.78, 5) is 4.98. The van der Waals surface area contributed by atoms with Crippen LogP contribution in [-0.2, 0) is 6.54 Å². The third-order valence-corrected chi connectivity index (χ3v) is 5.38. The molecule has 2 aliphatic rings. The van der Waals surface area contributed by atoms with Gasteiger partial charge in [0.1, 0.15) is 5.76 Å². The van der Waals surface area contributed by atoms with Crippen molar-refractivity contribution in [2.75, 3.05) is 20.6 Å². The summed E-state index contributed by atoms with van der Waals surface area (Å²) in [6.07, 6.45) is 6.78. The number of fused-ring (bicyclic) bond motifs is 2. The van der Waals surface area contributed by atoms with Crippen LogP contribution >= 0.6 is 0 Å². The Kier molecular flexibility index (Phi) is 3.41. The molecule has 0 radical (unpaired) electrons. The van der Waals surface area contributed by atoms with Gasteiger partial charge in [-0.3, -0.25) is 4.90 Å². The molecule has 2 unspecified atom stereocenters. The second-order valence-corrected chi connectivity index (χ2v) is 6.32. The molecule has 2 aliphatic heterocycles. The molecule has 0 amide bonds. The Hall–Kier alpha value is -0.840. The second-order valence-electron chi connectivity index (χ2n) is 6.32. The van der Waals surface area contributed by atoms with Crippen LogP contribution in [0, 0.1) is 0 Å². The monoisotopic (exact) mass is 263 g/mol. The maximum Gasteiger partial charge on any atom is 0.117 e. The number of rotatable bonds is 4. The van der Waals surface area contributed by atoms with Crippen LogP contribution in [0.25, 0.3) is 0 Å². The third-order valence-electron chi connectivity index (χ3n) is 5.38. The first kappa shape index (κ1) is 13.2. The number of nitrogens with zero attached hydrogens (tertiary/aromatic N) is 2. The second kappa shape index (κ2) is 4.93. The first-order valence-corrected chi connectivity index (χ1v) is 7.30. The quantitative estimate of drug-likeness (QED) is 0.897. The minimum absolute atomic E-state index is 0.144. The van der Waals surface area contributed by atoms with Gasteiger partial charge in [0.15, 0.2) is 0 Å². The van der Waals surface area contributed by atoms with Crippen molar-refractivity contribution in [2.45, 2.75) is 49.9 Å². The summed E-state index contributed by atoms with van der Waals surface area (Å²) in [6.45, 7) is 1.60. The standard InChI is InChI=1S/C15H25N3O/c1-17(10-14-4-3-7-19-14)15(11-16)8-12-5-6-13(9-15)18(12)2/h3-4,7,12-13H,5-6,8-11,16H2,1-2H3. The van der Waals surface area contributed by atoms with Gasteiger partial charge in [-0.15, -0.1) is 0 Å². The highest BCUT2D eigenvalue weighted by Gasteiger charge is 2.48. The van der Waals surface area contributed by atoms with E-state index in [2.05, 4.69) is 23.9 Å². The molecule has 3 heterocycles. The van der Waals surface area contributed by atoms with Gasteiger partial charge in [0.25, 0.3) is 0 Å². The summed E-state index contributed by atoms with van der Waals surface area (Å²) in [6, 6.07) is 5.42. The Balaban J connectivity index is 1.76. The lowest BCUT2D eigenvalue weighted by molar-refractivity contribution is 0.00865. The average Bonchev–Trinajstić information content (AvgIpc) is 2.96. The minimum Gasteiger partial charge on any atom is -0.468 e. The smallest absolute Gasteiger partial charge is 0.117 e. The van der Waals surface area contributed by atoms with Crippen LogP contribution in [0.1, 0.15) is 31.4 Å². The molecular formula is C15H25N3O. The molecule has 0 saturated carbocycles. The van der Waals surface area contributed by atoms with E-state index in [9.17, 15) is 0 Å². The van der Waals surface area contributed by atoms with E-state index >= 15 is 0 Å². The lowest BCUT2D eigenvalue weighted by Gasteiger charge is -2.49. The predicted molar refractivity (Wildman–Crippen MR) is 75.8 cm³/mol. The molecule has 1 aromatic rings. The van der Waals surface area contributed by atoms with Crippen LogP contribution in [0.4, 0.5) is 0 Å². The first-order valence-electron chi connectivity index (χ1n) is 7.30. The topological polar surface area (TPSA) is 45.6 Å². The minimum atomic E-state index is 0.144. The third kappa shape index (κ3) is 2.22. The van der Waals surface area contributed by atoms with Crippen LogP contribution in [0.2, 0.25) is 0 Å². The van der Waals surface area contributed by atoms with Crippen molar-refractivity contribution >= 4 is 0 Å². The maximum absolute atomic E-state index is 6.17. The van der Waals surface area contributed by atoms with Gasteiger partial charge in [0, 0.05) is 24.2 Å². The molecule has 3 rings (SSSR count). The van der Waals surface area contributed by atoms with Crippen LogP contribution in [0.15, 0.2) is 22.8 Å². The van der Waals surface area contributed by atoms with Gasteiger partial charge in [0.05, 0.1) is 12.8 Å². The molecular weight excluding hydrogens is 238 g/mol. The zero-order valence-electron chi connectivity index (χ0n) is 12.0. The van der Waals surface area contributed by atoms with E-state index < -0.39 is 0 Å². The maximum atomic E-state index is 6.17.